The monoisotopic (exact) mass is 419 g/mol. The van der Waals surface area contributed by atoms with Gasteiger partial charge in [-0.3, -0.25) is 30.7 Å². The van der Waals surface area contributed by atoms with E-state index in [1.165, 1.54) is 18.2 Å². The summed E-state index contributed by atoms with van der Waals surface area (Å²) in [4.78, 5) is 35.3. The van der Waals surface area contributed by atoms with E-state index in [2.05, 4.69) is 31.1 Å². The summed E-state index contributed by atoms with van der Waals surface area (Å²) in [5.74, 6) is -1.92. The maximum atomic E-state index is 13.8. The molecule has 0 saturated carbocycles. The van der Waals surface area contributed by atoms with Gasteiger partial charge < -0.3 is 5.32 Å². The minimum Gasteiger partial charge on any atom is -0.334 e. The quantitative estimate of drug-likeness (QED) is 0.319. The molecule has 2 aromatic heterocycles. The minimum absolute atomic E-state index is 0.0982. The van der Waals surface area contributed by atoms with Crippen LogP contribution < -0.4 is 16.2 Å². The Bertz CT molecular complexity index is 1290. The van der Waals surface area contributed by atoms with Crippen LogP contribution in [0.25, 0.3) is 10.9 Å². The third-order valence-corrected chi connectivity index (χ3v) is 4.32. The Morgan fingerprint density at radius 1 is 0.968 bits per heavy atom. The van der Waals surface area contributed by atoms with Crippen molar-refractivity contribution in [2.75, 3.05) is 10.7 Å². The number of hydrogen-bond donors (Lipinski definition) is 3. The number of halogens is 1. The van der Waals surface area contributed by atoms with Gasteiger partial charge in [0.05, 0.1) is 16.0 Å². The molecule has 0 unspecified atom stereocenters. The first-order chi connectivity index (χ1) is 15.0. The van der Waals surface area contributed by atoms with Crippen molar-refractivity contribution in [3.05, 3.63) is 88.6 Å². The third kappa shape index (κ3) is 4.05. The zero-order chi connectivity index (χ0) is 21.8. The molecule has 154 valence electrons. The molecule has 0 aliphatic rings. The Morgan fingerprint density at radius 3 is 2.58 bits per heavy atom. The van der Waals surface area contributed by atoms with Crippen molar-refractivity contribution in [2.45, 2.75) is 0 Å². The number of rotatable bonds is 6. The molecule has 3 N–H and O–H groups in total. The highest BCUT2D eigenvalue weighted by atomic mass is 19.1. The van der Waals surface area contributed by atoms with Crippen molar-refractivity contribution in [1.29, 1.82) is 0 Å². The Labute approximate surface area is 174 Å². The van der Waals surface area contributed by atoms with Crippen molar-refractivity contribution in [1.82, 2.24) is 20.4 Å². The van der Waals surface area contributed by atoms with Gasteiger partial charge in [-0.1, -0.05) is 18.2 Å². The van der Waals surface area contributed by atoms with Crippen LogP contribution in [0.2, 0.25) is 0 Å². The predicted octanol–water partition coefficient (Wildman–Crippen LogP) is 3.57. The first kappa shape index (κ1) is 19.6. The molecule has 4 aromatic rings. The molecule has 31 heavy (non-hydrogen) atoms. The molecule has 0 saturated heterocycles. The lowest BCUT2D eigenvalue weighted by Gasteiger charge is -2.12. The van der Waals surface area contributed by atoms with Gasteiger partial charge in [-0.25, -0.2) is 14.4 Å². The highest BCUT2D eigenvalue weighted by molar-refractivity contribution is 5.96. The molecule has 2 aromatic carbocycles. The van der Waals surface area contributed by atoms with E-state index in [1.807, 2.05) is 6.07 Å². The number of nitrogens with one attached hydrogen (secondary N) is 3. The van der Waals surface area contributed by atoms with Crippen LogP contribution in [0.5, 0.6) is 0 Å². The molecule has 0 atom stereocenters. The van der Waals surface area contributed by atoms with E-state index < -0.39 is 22.3 Å². The molecule has 2 heterocycles. The number of fused-ring (bicyclic) bond motifs is 1. The average Bonchev–Trinajstić information content (AvgIpc) is 2.78. The highest BCUT2D eigenvalue weighted by Crippen LogP contribution is 2.32. The van der Waals surface area contributed by atoms with Crippen LogP contribution in [0.3, 0.4) is 0 Å². The Balaban J connectivity index is 1.63. The van der Waals surface area contributed by atoms with Crippen LogP contribution in [0.4, 0.5) is 27.4 Å². The first-order valence-corrected chi connectivity index (χ1v) is 8.95. The third-order valence-electron chi connectivity index (χ3n) is 4.32. The average molecular weight is 419 g/mol. The van der Waals surface area contributed by atoms with Gasteiger partial charge in [-0.15, -0.1) is 0 Å². The van der Waals surface area contributed by atoms with E-state index in [4.69, 9.17) is 0 Å². The van der Waals surface area contributed by atoms with E-state index in [0.29, 0.717) is 11.2 Å². The fourth-order valence-corrected chi connectivity index (χ4v) is 2.90. The Hall–Kier alpha value is -4.67. The van der Waals surface area contributed by atoms with Crippen molar-refractivity contribution in [3.8, 4) is 0 Å². The van der Waals surface area contributed by atoms with E-state index >= 15 is 0 Å². The number of aromatic nitrogens is 3. The number of carbonyl (C=O) groups is 1. The number of amides is 1. The number of pyridine rings is 1. The summed E-state index contributed by atoms with van der Waals surface area (Å²) in [6.45, 7) is 0. The minimum atomic E-state index is -0.819. The van der Waals surface area contributed by atoms with E-state index in [-0.39, 0.29) is 17.2 Å². The lowest BCUT2D eigenvalue weighted by Crippen LogP contribution is -2.31. The lowest BCUT2D eigenvalue weighted by atomic mass is 10.2. The summed E-state index contributed by atoms with van der Waals surface area (Å²) in [7, 11) is 0. The second-order valence-electron chi connectivity index (χ2n) is 6.24. The standard InChI is InChI=1S/C20H14FN7O3/c21-14-7-2-1-5-12(14)20(29)27-26-19-17(28(30)31)18(23-11-24-19)25-16-9-3-8-15-13(16)6-4-10-22-15/h1-11H,(H,27,29)(H2,23,24,25,26). The summed E-state index contributed by atoms with van der Waals surface area (Å²) in [5.41, 5.74) is 5.10. The number of carbonyl (C=O) groups excluding carboxylic acids is 1. The maximum absolute atomic E-state index is 13.8. The van der Waals surface area contributed by atoms with Gasteiger partial charge in [0.2, 0.25) is 11.6 Å². The number of benzene rings is 2. The molecule has 0 aliphatic carbocycles. The van der Waals surface area contributed by atoms with Crippen molar-refractivity contribution >= 4 is 39.8 Å². The SMILES string of the molecule is O=C(NNc1ncnc(Nc2cccc3ncccc23)c1[N+](=O)[O-])c1ccccc1F. The number of hydrogen-bond acceptors (Lipinski definition) is 8. The topological polar surface area (TPSA) is 135 Å². The fraction of sp³-hybridized carbons (Fsp3) is 0. The Morgan fingerprint density at radius 2 is 1.77 bits per heavy atom. The fourth-order valence-electron chi connectivity index (χ4n) is 2.90. The molecule has 4 rings (SSSR count). The van der Waals surface area contributed by atoms with Crippen LogP contribution in [0.1, 0.15) is 10.4 Å². The van der Waals surface area contributed by atoms with Crippen LogP contribution in [-0.4, -0.2) is 25.8 Å². The molecule has 11 heteroatoms. The molecule has 0 radical (unpaired) electrons. The van der Waals surface area contributed by atoms with Crippen molar-refractivity contribution in [3.63, 3.8) is 0 Å². The smallest absolute Gasteiger partial charge is 0.334 e. The van der Waals surface area contributed by atoms with Gasteiger partial charge in [0.1, 0.15) is 12.1 Å². The Kier molecular flexibility index (Phi) is 5.30. The van der Waals surface area contributed by atoms with Gasteiger partial charge in [0.15, 0.2) is 0 Å². The maximum Gasteiger partial charge on any atom is 0.355 e. The van der Waals surface area contributed by atoms with E-state index in [9.17, 15) is 19.3 Å². The molecule has 0 fully saturated rings. The van der Waals surface area contributed by atoms with E-state index in [1.54, 1.807) is 30.5 Å². The van der Waals surface area contributed by atoms with Gasteiger partial charge in [-0.2, -0.15) is 0 Å². The summed E-state index contributed by atoms with van der Waals surface area (Å²) in [6, 6.07) is 14.2. The molecule has 0 spiro atoms. The number of anilines is 3. The van der Waals surface area contributed by atoms with Gasteiger partial charge in [0.25, 0.3) is 5.91 Å². The second kappa shape index (κ2) is 8.37. The summed E-state index contributed by atoms with van der Waals surface area (Å²) < 4.78 is 13.8. The van der Waals surface area contributed by atoms with Crippen LogP contribution in [0.15, 0.2) is 67.1 Å². The molecule has 0 bridgehead atoms. The summed E-state index contributed by atoms with van der Waals surface area (Å²) in [5, 5.41) is 15.4. The molecule has 0 aliphatic heterocycles. The highest BCUT2D eigenvalue weighted by Gasteiger charge is 2.24. The van der Waals surface area contributed by atoms with Crippen LogP contribution >= 0.6 is 0 Å². The lowest BCUT2D eigenvalue weighted by molar-refractivity contribution is -0.383. The van der Waals surface area contributed by atoms with Crippen molar-refractivity contribution < 1.29 is 14.1 Å². The van der Waals surface area contributed by atoms with Gasteiger partial charge in [0, 0.05) is 17.3 Å². The zero-order valence-corrected chi connectivity index (χ0v) is 15.7. The van der Waals surface area contributed by atoms with Crippen LogP contribution in [0, 0.1) is 15.9 Å². The van der Waals surface area contributed by atoms with Gasteiger partial charge in [-0.05, 0) is 36.4 Å². The van der Waals surface area contributed by atoms with Gasteiger partial charge >= 0.3 is 5.69 Å². The predicted molar refractivity (Wildman–Crippen MR) is 111 cm³/mol. The number of nitrogens with zero attached hydrogens (tertiary/aromatic N) is 4. The van der Waals surface area contributed by atoms with Crippen LogP contribution in [-0.2, 0) is 0 Å². The normalized spacial score (nSPS) is 10.5. The summed E-state index contributed by atoms with van der Waals surface area (Å²) >= 11 is 0. The number of hydrazine groups is 1. The molecule has 1 amide bonds. The van der Waals surface area contributed by atoms with Crippen molar-refractivity contribution in [2.24, 2.45) is 0 Å². The van der Waals surface area contributed by atoms with E-state index in [0.717, 1.165) is 17.8 Å². The first-order valence-electron chi connectivity index (χ1n) is 8.95. The molecular formula is C20H14FN7O3. The molecular weight excluding hydrogens is 405 g/mol. The molecule has 10 nitrogen and oxygen atoms in total. The summed E-state index contributed by atoms with van der Waals surface area (Å²) in [6.07, 6.45) is 2.73. The number of nitro groups is 1. The largest absolute Gasteiger partial charge is 0.355 e. The zero-order valence-electron chi connectivity index (χ0n) is 15.7. The second-order valence-corrected chi connectivity index (χ2v) is 6.24.